The predicted molar refractivity (Wildman–Crippen MR) is 91.8 cm³/mol. The van der Waals surface area contributed by atoms with Gasteiger partial charge in [-0.25, -0.2) is 0 Å². The molecule has 0 radical (unpaired) electrons. The molecule has 1 aliphatic heterocycles. The van der Waals surface area contributed by atoms with Gasteiger partial charge in [0.05, 0.1) is 0 Å². The van der Waals surface area contributed by atoms with E-state index in [4.69, 9.17) is 0 Å². The Morgan fingerprint density at radius 2 is 1.86 bits per heavy atom. The van der Waals surface area contributed by atoms with Crippen LogP contribution in [0.25, 0.3) is 0 Å². The molecule has 0 aliphatic carbocycles. The zero-order valence-corrected chi connectivity index (χ0v) is 14.3. The Balaban J connectivity index is 1.78. The third-order valence-corrected chi connectivity index (χ3v) is 4.56. The Morgan fingerprint density at radius 3 is 2.41 bits per heavy atom. The monoisotopic (exact) mass is 302 g/mol. The number of nitrogens with zero attached hydrogens (tertiary/aromatic N) is 1. The third-order valence-electron chi connectivity index (χ3n) is 4.56. The Bertz CT molecular complexity index is 459. The van der Waals surface area contributed by atoms with Crippen LogP contribution in [-0.2, 0) is 11.3 Å². The predicted octanol–water partition coefficient (Wildman–Crippen LogP) is 3.55. The second-order valence-electron chi connectivity index (χ2n) is 6.74. The summed E-state index contributed by atoms with van der Waals surface area (Å²) in [5.74, 6) is 1.06. The quantitative estimate of drug-likeness (QED) is 0.871. The first kappa shape index (κ1) is 17.0. The molecular formula is C19H30N2O. The van der Waals surface area contributed by atoms with Crippen LogP contribution in [-0.4, -0.2) is 30.4 Å². The maximum absolute atomic E-state index is 12.0. The molecule has 1 aromatic rings. The fraction of sp³-hybridized carbons (Fsp3) is 0.632. The van der Waals surface area contributed by atoms with Crippen molar-refractivity contribution in [2.24, 2.45) is 5.92 Å². The maximum atomic E-state index is 12.0. The number of carbonyl (C=O) groups is 1. The van der Waals surface area contributed by atoms with E-state index in [0.717, 1.165) is 45.4 Å². The van der Waals surface area contributed by atoms with Gasteiger partial charge in [-0.05, 0) is 49.4 Å². The fourth-order valence-corrected chi connectivity index (χ4v) is 3.01. The molecule has 1 N–H and O–H groups in total. The van der Waals surface area contributed by atoms with Gasteiger partial charge in [-0.15, -0.1) is 0 Å². The standard InChI is InChI=1S/C19H30N2O/c1-4-11-20-19(22)18-9-12-21(13-10-18)14-16-5-7-17(8-6-16)15(2)3/h5-8,15,18H,4,9-14H2,1-3H3,(H,20,22). The number of rotatable bonds is 6. The van der Waals surface area contributed by atoms with Crippen LogP contribution in [0.1, 0.15) is 57.1 Å². The molecule has 1 saturated heterocycles. The maximum Gasteiger partial charge on any atom is 0.223 e. The van der Waals surface area contributed by atoms with Gasteiger partial charge in [-0.1, -0.05) is 45.0 Å². The first-order valence-electron chi connectivity index (χ1n) is 8.69. The van der Waals surface area contributed by atoms with Crippen LogP contribution in [0.4, 0.5) is 0 Å². The Kier molecular flexibility index (Phi) is 6.44. The van der Waals surface area contributed by atoms with Crippen LogP contribution >= 0.6 is 0 Å². The van der Waals surface area contributed by atoms with Crippen LogP contribution in [0.15, 0.2) is 24.3 Å². The first-order chi connectivity index (χ1) is 10.6. The summed E-state index contributed by atoms with van der Waals surface area (Å²) in [7, 11) is 0. The molecule has 0 spiro atoms. The minimum absolute atomic E-state index is 0.214. The Labute approximate surface area is 135 Å². The lowest BCUT2D eigenvalue weighted by Crippen LogP contribution is -2.40. The SMILES string of the molecule is CCCNC(=O)C1CCN(Cc2ccc(C(C)C)cc2)CC1. The van der Waals surface area contributed by atoms with E-state index < -0.39 is 0 Å². The molecule has 0 saturated carbocycles. The summed E-state index contributed by atoms with van der Waals surface area (Å²) in [6.45, 7) is 10.4. The smallest absolute Gasteiger partial charge is 0.223 e. The molecule has 1 amide bonds. The number of nitrogens with one attached hydrogen (secondary N) is 1. The average Bonchev–Trinajstić information content (AvgIpc) is 2.54. The van der Waals surface area contributed by atoms with E-state index in [1.165, 1.54) is 11.1 Å². The summed E-state index contributed by atoms with van der Waals surface area (Å²) in [6.07, 6.45) is 2.98. The van der Waals surface area contributed by atoms with Gasteiger partial charge in [0.15, 0.2) is 0 Å². The van der Waals surface area contributed by atoms with Gasteiger partial charge in [0.25, 0.3) is 0 Å². The molecule has 1 aromatic carbocycles. The number of piperidine rings is 1. The summed E-state index contributed by atoms with van der Waals surface area (Å²) in [5.41, 5.74) is 2.77. The van der Waals surface area contributed by atoms with Gasteiger partial charge in [-0.2, -0.15) is 0 Å². The fourth-order valence-electron chi connectivity index (χ4n) is 3.01. The number of benzene rings is 1. The average molecular weight is 302 g/mol. The molecule has 0 unspecified atom stereocenters. The molecule has 122 valence electrons. The molecule has 1 aliphatic rings. The highest BCUT2D eigenvalue weighted by Gasteiger charge is 2.24. The third kappa shape index (κ3) is 4.84. The minimum Gasteiger partial charge on any atom is -0.356 e. The lowest BCUT2D eigenvalue weighted by Gasteiger charge is -2.31. The Morgan fingerprint density at radius 1 is 1.23 bits per heavy atom. The summed E-state index contributed by atoms with van der Waals surface area (Å²) in [6, 6.07) is 8.97. The molecular weight excluding hydrogens is 272 g/mol. The summed E-state index contributed by atoms with van der Waals surface area (Å²) < 4.78 is 0. The van der Waals surface area contributed by atoms with Crippen LogP contribution < -0.4 is 5.32 Å². The van der Waals surface area contributed by atoms with E-state index in [0.29, 0.717) is 5.92 Å². The van der Waals surface area contributed by atoms with Crippen molar-refractivity contribution in [3.63, 3.8) is 0 Å². The van der Waals surface area contributed by atoms with Gasteiger partial charge in [-0.3, -0.25) is 9.69 Å². The topological polar surface area (TPSA) is 32.3 Å². The van der Waals surface area contributed by atoms with Crippen LogP contribution in [0.2, 0.25) is 0 Å². The zero-order valence-electron chi connectivity index (χ0n) is 14.3. The lowest BCUT2D eigenvalue weighted by molar-refractivity contribution is -0.126. The van der Waals surface area contributed by atoms with Crippen LogP contribution in [0.5, 0.6) is 0 Å². The van der Waals surface area contributed by atoms with E-state index in [9.17, 15) is 4.79 Å². The molecule has 3 heteroatoms. The van der Waals surface area contributed by atoms with Crippen molar-refractivity contribution in [3.8, 4) is 0 Å². The lowest BCUT2D eigenvalue weighted by atomic mass is 9.95. The first-order valence-corrected chi connectivity index (χ1v) is 8.69. The van der Waals surface area contributed by atoms with Gasteiger partial charge < -0.3 is 5.32 Å². The molecule has 0 bridgehead atoms. The van der Waals surface area contributed by atoms with Gasteiger partial charge in [0.2, 0.25) is 5.91 Å². The van der Waals surface area contributed by atoms with Crippen LogP contribution in [0, 0.1) is 5.92 Å². The molecule has 1 heterocycles. The highest BCUT2D eigenvalue weighted by atomic mass is 16.1. The minimum atomic E-state index is 0.214. The van der Waals surface area contributed by atoms with Crippen molar-refractivity contribution in [1.29, 1.82) is 0 Å². The Hall–Kier alpha value is -1.35. The molecule has 0 aromatic heterocycles. The molecule has 22 heavy (non-hydrogen) atoms. The van der Waals surface area contributed by atoms with E-state index >= 15 is 0 Å². The number of amides is 1. The van der Waals surface area contributed by atoms with Gasteiger partial charge in [0, 0.05) is 19.0 Å². The van der Waals surface area contributed by atoms with Crippen molar-refractivity contribution in [2.45, 2.75) is 52.5 Å². The van der Waals surface area contributed by atoms with E-state index in [-0.39, 0.29) is 11.8 Å². The van der Waals surface area contributed by atoms with Gasteiger partial charge in [0.1, 0.15) is 0 Å². The van der Waals surface area contributed by atoms with Crippen molar-refractivity contribution >= 4 is 5.91 Å². The van der Waals surface area contributed by atoms with Gasteiger partial charge >= 0.3 is 0 Å². The number of carbonyl (C=O) groups excluding carboxylic acids is 1. The van der Waals surface area contributed by atoms with E-state index in [1.807, 2.05) is 0 Å². The second kappa shape index (κ2) is 8.33. The number of hydrogen-bond acceptors (Lipinski definition) is 2. The molecule has 1 fully saturated rings. The number of likely N-dealkylation sites (tertiary alicyclic amines) is 1. The van der Waals surface area contributed by atoms with Crippen molar-refractivity contribution in [3.05, 3.63) is 35.4 Å². The zero-order chi connectivity index (χ0) is 15.9. The number of hydrogen-bond donors (Lipinski definition) is 1. The second-order valence-corrected chi connectivity index (χ2v) is 6.74. The summed E-state index contributed by atoms with van der Waals surface area (Å²) in [5, 5.41) is 3.03. The van der Waals surface area contributed by atoms with E-state index in [1.54, 1.807) is 0 Å². The normalized spacial score (nSPS) is 16.9. The summed E-state index contributed by atoms with van der Waals surface area (Å²) in [4.78, 5) is 14.5. The van der Waals surface area contributed by atoms with E-state index in [2.05, 4.69) is 55.3 Å². The van der Waals surface area contributed by atoms with Crippen molar-refractivity contribution in [1.82, 2.24) is 10.2 Å². The molecule has 3 nitrogen and oxygen atoms in total. The van der Waals surface area contributed by atoms with Crippen LogP contribution in [0.3, 0.4) is 0 Å². The van der Waals surface area contributed by atoms with Crippen molar-refractivity contribution < 1.29 is 4.79 Å². The molecule has 2 rings (SSSR count). The largest absolute Gasteiger partial charge is 0.356 e. The highest BCUT2D eigenvalue weighted by Crippen LogP contribution is 2.20. The molecule has 0 atom stereocenters. The highest BCUT2D eigenvalue weighted by molar-refractivity contribution is 5.78. The van der Waals surface area contributed by atoms with Crippen molar-refractivity contribution in [2.75, 3.05) is 19.6 Å². The summed E-state index contributed by atoms with van der Waals surface area (Å²) >= 11 is 0.